The number of benzene rings is 2. The minimum absolute atomic E-state index is 0.0278. The number of rotatable bonds is 3. The largest absolute Gasteiger partial charge is 0.309 e. The molecule has 2 aromatic carbocycles. The van der Waals surface area contributed by atoms with Crippen molar-refractivity contribution in [1.29, 1.82) is 0 Å². The molecule has 1 aliphatic rings. The highest BCUT2D eigenvalue weighted by Gasteiger charge is 2.29. The van der Waals surface area contributed by atoms with Crippen LogP contribution in [-0.4, -0.2) is 18.0 Å². The van der Waals surface area contributed by atoms with Crippen LogP contribution >= 0.6 is 11.6 Å². The lowest BCUT2D eigenvalue weighted by atomic mass is 9.90. The number of ketones is 1. The van der Waals surface area contributed by atoms with Gasteiger partial charge in [-0.2, -0.15) is 5.10 Å². The van der Waals surface area contributed by atoms with Gasteiger partial charge in [0.05, 0.1) is 5.92 Å². The SMILES string of the molecule is Cc1ccc(C(=O)C2=NNC[C@@H]2c2ccc(Cl)cc2)cc1. The molecule has 3 nitrogen and oxygen atoms in total. The Kier molecular flexibility index (Phi) is 3.76. The third kappa shape index (κ3) is 2.83. The summed E-state index contributed by atoms with van der Waals surface area (Å²) < 4.78 is 0. The van der Waals surface area contributed by atoms with Crippen LogP contribution in [0.2, 0.25) is 5.02 Å². The molecule has 106 valence electrons. The second-order valence-electron chi connectivity index (χ2n) is 5.16. The van der Waals surface area contributed by atoms with Crippen LogP contribution in [0.25, 0.3) is 0 Å². The van der Waals surface area contributed by atoms with Crippen molar-refractivity contribution in [1.82, 2.24) is 5.43 Å². The summed E-state index contributed by atoms with van der Waals surface area (Å²) in [5, 5.41) is 4.89. The third-order valence-electron chi connectivity index (χ3n) is 3.64. The van der Waals surface area contributed by atoms with Gasteiger partial charge in [0, 0.05) is 17.1 Å². The normalized spacial score (nSPS) is 17.2. The summed E-state index contributed by atoms with van der Waals surface area (Å²) in [7, 11) is 0. The monoisotopic (exact) mass is 298 g/mol. The fraction of sp³-hybridized carbons (Fsp3) is 0.176. The van der Waals surface area contributed by atoms with Crippen molar-refractivity contribution < 1.29 is 4.79 Å². The van der Waals surface area contributed by atoms with Crippen LogP contribution in [0.1, 0.15) is 27.4 Å². The van der Waals surface area contributed by atoms with Gasteiger partial charge in [0.2, 0.25) is 5.78 Å². The lowest BCUT2D eigenvalue weighted by molar-refractivity contribution is 0.106. The molecule has 0 spiro atoms. The smallest absolute Gasteiger partial charge is 0.209 e. The number of halogens is 1. The number of hydrogen-bond acceptors (Lipinski definition) is 3. The van der Waals surface area contributed by atoms with E-state index in [1.165, 1.54) is 0 Å². The lowest BCUT2D eigenvalue weighted by Crippen LogP contribution is -2.21. The molecule has 21 heavy (non-hydrogen) atoms. The number of hydrazone groups is 1. The molecule has 4 heteroatoms. The standard InChI is InChI=1S/C17H15ClN2O/c1-11-2-4-13(5-3-11)17(21)16-15(10-19-20-16)12-6-8-14(18)9-7-12/h2-9,15,19H,10H2,1H3/t15-/m1/s1. The summed E-state index contributed by atoms with van der Waals surface area (Å²) >= 11 is 5.92. The molecule has 0 aromatic heterocycles. The molecule has 0 amide bonds. The van der Waals surface area contributed by atoms with E-state index in [4.69, 9.17) is 11.6 Å². The van der Waals surface area contributed by atoms with E-state index in [-0.39, 0.29) is 11.7 Å². The molecular weight excluding hydrogens is 284 g/mol. The van der Waals surface area contributed by atoms with Gasteiger partial charge in [-0.1, -0.05) is 53.6 Å². The Labute approximate surface area is 128 Å². The highest BCUT2D eigenvalue weighted by molar-refractivity contribution is 6.48. The quantitative estimate of drug-likeness (QED) is 0.880. The molecule has 1 heterocycles. The number of nitrogens with one attached hydrogen (secondary N) is 1. The van der Waals surface area contributed by atoms with Crippen LogP contribution in [0.5, 0.6) is 0 Å². The minimum atomic E-state index is -0.0314. The molecule has 1 atom stereocenters. The molecule has 0 saturated heterocycles. The van der Waals surface area contributed by atoms with E-state index >= 15 is 0 Å². The van der Waals surface area contributed by atoms with Gasteiger partial charge < -0.3 is 5.43 Å². The molecule has 2 aromatic rings. The lowest BCUT2D eigenvalue weighted by Gasteiger charge is -2.12. The summed E-state index contributed by atoms with van der Waals surface area (Å²) in [5.41, 5.74) is 6.33. The highest BCUT2D eigenvalue weighted by atomic mass is 35.5. The van der Waals surface area contributed by atoms with Gasteiger partial charge >= 0.3 is 0 Å². The molecule has 0 unspecified atom stereocenters. The van der Waals surface area contributed by atoms with Crippen LogP contribution in [-0.2, 0) is 0 Å². The van der Waals surface area contributed by atoms with Crippen LogP contribution in [0.4, 0.5) is 0 Å². The van der Waals surface area contributed by atoms with Crippen molar-refractivity contribution in [3.8, 4) is 0 Å². The minimum Gasteiger partial charge on any atom is -0.309 e. The molecule has 0 radical (unpaired) electrons. The summed E-state index contributed by atoms with van der Waals surface area (Å²) in [6, 6.07) is 15.1. The predicted molar refractivity (Wildman–Crippen MR) is 85.1 cm³/mol. The average molecular weight is 299 g/mol. The molecule has 0 bridgehead atoms. The Morgan fingerprint density at radius 1 is 1.14 bits per heavy atom. The third-order valence-corrected chi connectivity index (χ3v) is 3.90. The van der Waals surface area contributed by atoms with Crippen LogP contribution < -0.4 is 5.43 Å². The van der Waals surface area contributed by atoms with Crippen molar-refractivity contribution in [2.75, 3.05) is 6.54 Å². The van der Waals surface area contributed by atoms with E-state index in [1.807, 2.05) is 55.5 Å². The maximum Gasteiger partial charge on any atom is 0.209 e. The topological polar surface area (TPSA) is 41.5 Å². The van der Waals surface area contributed by atoms with Crippen molar-refractivity contribution >= 4 is 23.1 Å². The molecule has 1 N–H and O–H groups in total. The second-order valence-corrected chi connectivity index (χ2v) is 5.60. The molecule has 1 aliphatic heterocycles. The van der Waals surface area contributed by atoms with Crippen molar-refractivity contribution in [3.63, 3.8) is 0 Å². The molecule has 0 aliphatic carbocycles. The van der Waals surface area contributed by atoms with Gasteiger partial charge in [-0.3, -0.25) is 4.79 Å². The van der Waals surface area contributed by atoms with Gasteiger partial charge in [0.25, 0.3) is 0 Å². The van der Waals surface area contributed by atoms with Gasteiger partial charge in [0.15, 0.2) is 0 Å². The highest BCUT2D eigenvalue weighted by Crippen LogP contribution is 2.24. The zero-order chi connectivity index (χ0) is 14.8. The first-order valence-corrected chi connectivity index (χ1v) is 7.20. The molecule has 0 saturated carbocycles. The molecule has 0 fully saturated rings. The van der Waals surface area contributed by atoms with Crippen LogP contribution in [0.15, 0.2) is 53.6 Å². The van der Waals surface area contributed by atoms with Gasteiger partial charge in [-0.25, -0.2) is 0 Å². The number of carbonyl (C=O) groups excluding carboxylic acids is 1. The molecular formula is C17H15ClN2O. The summed E-state index contributed by atoms with van der Waals surface area (Å²) in [5.74, 6) is -0.0592. The number of aryl methyl sites for hydroxylation is 1. The van der Waals surface area contributed by atoms with Crippen molar-refractivity contribution in [2.24, 2.45) is 5.10 Å². The Morgan fingerprint density at radius 2 is 1.81 bits per heavy atom. The fourth-order valence-corrected chi connectivity index (χ4v) is 2.56. The number of Topliss-reactive ketones (excluding diaryl/α,β-unsaturated/α-hetero) is 1. The fourth-order valence-electron chi connectivity index (χ4n) is 2.43. The zero-order valence-corrected chi connectivity index (χ0v) is 12.4. The van der Waals surface area contributed by atoms with E-state index in [9.17, 15) is 4.79 Å². The van der Waals surface area contributed by atoms with E-state index in [0.29, 0.717) is 22.8 Å². The predicted octanol–water partition coefficient (Wildman–Crippen LogP) is 3.57. The Balaban J connectivity index is 1.88. The molecule has 3 rings (SSSR count). The number of carbonyl (C=O) groups is 1. The second kappa shape index (κ2) is 5.70. The first-order chi connectivity index (χ1) is 10.1. The Hall–Kier alpha value is -2.13. The Morgan fingerprint density at radius 3 is 2.48 bits per heavy atom. The van der Waals surface area contributed by atoms with E-state index in [1.54, 1.807) is 0 Å². The summed E-state index contributed by atoms with van der Waals surface area (Å²) in [6.45, 7) is 2.63. The van der Waals surface area contributed by atoms with E-state index < -0.39 is 0 Å². The van der Waals surface area contributed by atoms with Gasteiger partial charge in [-0.05, 0) is 24.6 Å². The van der Waals surface area contributed by atoms with Gasteiger partial charge in [-0.15, -0.1) is 0 Å². The van der Waals surface area contributed by atoms with Gasteiger partial charge in [0.1, 0.15) is 5.71 Å². The van der Waals surface area contributed by atoms with Crippen LogP contribution in [0, 0.1) is 6.92 Å². The van der Waals surface area contributed by atoms with E-state index in [2.05, 4.69) is 10.5 Å². The van der Waals surface area contributed by atoms with Crippen molar-refractivity contribution in [3.05, 3.63) is 70.2 Å². The Bertz CT molecular complexity index is 690. The first kappa shape index (κ1) is 13.8. The van der Waals surface area contributed by atoms with Crippen LogP contribution in [0.3, 0.4) is 0 Å². The summed E-state index contributed by atoms with van der Waals surface area (Å²) in [4.78, 5) is 12.6. The maximum absolute atomic E-state index is 12.6. The number of nitrogens with zero attached hydrogens (tertiary/aromatic N) is 1. The number of hydrogen-bond donors (Lipinski definition) is 1. The summed E-state index contributed by atoms with van der Waals surface area (Å²) in [6.07, 6.45) is 0. The average Bonchev–Trinajstić information content (AvgIpc) is 2.97. The van der Waals surface area contributed by atoms with Crippen molar-refractivity contribution in [2.45, 2.75) is 12.8 Å². The first-order valence-electron chi connectivity index (χ1n) is 6.82. The van der Waals surface area contributed by atoms with E-state index in [0.717, 1.165) is 11.1 Å². The maximum atomic E-state index is 12.6. The zero-order valence-electron chi connectivity index (χ0n) is 11.6.